The monoisotopic (exact) mass is 325 g/mol. The minimum Gasteiger partial charge on any atom is -0.441 e. The fourth-order valence-electron chi connectivity index (χ4n) is 2.43. The molecular weight excluding hydrogens is 306 g/mol. The van der Waals surface area contributed by atoms with Crippen LogP contribution < -0.4 is 0 Å². The molecule has 114 valence electrons. The van der Waals surface area contributed by atoms with Crippen LogP contribution in [0.1, 0.15) is 30.7 Å². The molecule has 0 spiro atoms. The van der Waals surface area contributed by atoms with Crippen LogP contribution in [0.2, 0.25) is 0 Å². The Morgan fingerprint density at radius 2 is 2.38 bits per heavy atom. The van der Waals surface area contributed by atoms with E-state index in [9.17, 15) is 4.21 Å². The third kappa shape index (κ3) is 3.81. The normalized spacial score (nSPS) is 20.5. The predicted octanol–water partition coefficient (Wildman–Crippen LogP) is 3.53. The van der Waals surface area contributed by atoms with Crippen LogP contribution in [-0.4, -0.2) is 27.7 Å². The van der Waals surface area contributed by atoms with Crippen molar-refractivity contribution in [1.82, 2.24) is 4.98 Å². The number of rotatable bonds is 5. The van der Waals surface area contributed by atoms with E-state index in [2.05, 4.69) is 4.98 Å². The number of nitrogens with zero attached hydrogens (tertiary/aromatic N) is 1. The molecule has 0 aliphatic carbocycles. The Kier molecular flexibility index (Phi) is 4.87. The Labute approximate surface area is 131 Å². The summed E-state index contributed by atoms with van der Waals surface area (Å²) in [6.07, 6.45) is 3.45. The van der Waals surface area contributed by atoms with Crippen LogP contribution in [0, 0.1) is 6.92 Å². The SMILES string of the molecule is Cc1oc(-c2ccsc2)nc1CS(=O)CC1CCCCO1. The van der Waals surface area contributed by atoms with Gasteiger partial charge >= 0.3 is 0 Å². The molecule has 1 saturated heterocycles. The highest BCUT2D eigenvalue weighted by molar-refractivity contribution is 7.84. The van der Waals surface area contributed by atoms with E-state index < -0.39 is 10.8 Å². The summed E-state index contributed by atoms with van der Waals surface area (Å²) in [6, 6.07) is 1.98. The molecule has 0 amide bonds. The van der Waals surface area contributed by atoms with E-state index in [0.717, 1.165) is 36.5 Å². The smallest absolute Gasteiger partial charge is 0.227 e. The Balaban J connectivity index is 1.63. The van der Waals surface area contributed by atoms with Gasteiger partial charge in [0, 0.05) is 28.3 Å². The molecule has 2 aromatic rings. The quantitative estimate of drug-likeness (QED) is 0.844. The number of oxazole rings is 1. The summed E-state index contributed by atoms with van der Waals surface area (Å²) in [6.45, 7) is 2.68. The largest absolute Gasteiger partial charge is 0.441 e. The van der Waals surface area contributed by atoms with Crippen LogP contribution in [0.15, 0.2) is 21.2 Å². The first kappa shape index (κ1) is 14.9. The lowest BCUT2D eigenvalue weighted by molar-refractivity contribution is 0.0310. The van der Waals surface area contributed by atoms with E-state index in [1.54, 1.807) is 11.3 Å². The van der Waals surface area contributed by atoms with Crippen LogP contribution in [0.3, 0.4) is 0 Å². The summed E-state index contributed by atoms with van der Waals surface area (Å²) in [5.74, 6) is 2.42. The third-order valence-corrected chi connectivity index (χ3v) is 5.63. The van der Waals surface area contributed by atoms with Gasteiger partial charge < -0.3 is 9.15 Å². The molecule has 0 radical (unpaired) electrons. The van der Waals surface area contributed by atoms with Crippen molar-refractivity contribution >= 4 is 22.1 Å². The molecule has 2 atom stereocenters. The Hall–Kier alpha value is -0.980. The van der Waals surface area contributed by atoms with Gasteiger partial charge in [-0.15, -0.1) is 0 Å². The molecule has 4 nitrogen and oxygen atoms in total. The molecule has 1 fully saturated rings. The second-order valence-electron chi connectivity index (χ2n) is 5.27. The summed E-state index contributed by atoms with van der Waals surface area (Å²) in [4.78, 5) is 4.49. The van der Waals surface area contributed by atoms with E-state index in [0.29, 0.717) is 17.4 Å². The van der Waals surface area contributed by atoms with E-state index in [1.165, 1.54) is 6.42 Å². The zero-order chi connectivity index (χ0) is 14.7. The van der Waals surface area contributed by atoms with E-state index in [1.807, 2.05) is 23.8 Å². The van der Waals surface area contributed by atoms with Gasteiger partial charge in [-0.25, -0.2) is 4.98 Å². The van der Waals surface area contributed by atoms with Gasteiger partial charge in [-0.3, -0.25) is 4.21 Å². The zero-order valence-corrected chi connectivity index (χ0v) is 13.7. The maximum atomic E-state index is 12.3. The highest BCUT2D eigenvalue weighted by atomic mass is 32.2. The standard InChI is InChI=1S/C15H19NO3S2/c1-11-14(16-15(19-11)12-5-7-20-8-12)10-21(17)9-13-4-2-3-6-18-13/h5,7-8,13H,2-4,6,9-10H2,1H3. The topological polar surface area (TPSA) is 52.3 Å². The van der Waals surface area contributed by atoms with Crippen molar-refractivity contribution in [2.75, 3.05) is 12.4 Å². The number of thiophene rings is 1. The van der Waals surface area contributed by atoms with Gasteiger partial charge in [0.1, 0.15) is 5.76 Å². The highest BCUT2D eigenvalue weighted by Crippen LogP contribution is 2.24. The van der Waals surface area contributed by atoms with Gasteiger partial charge in [0.05, 0.1) is 23.3 Å². The van der Waals surface area contributed by atoms with E-state index in [4.69, 9.17) is 9.15 Å². The van der Waals surface area contributed by atoms with Crippen LogP contribution in [-0.2, 0) is 21.3 Å². The summed E-state index contributed by atoms with van der Waals surface area (Å²) in [7, 11) is -0.957. The minimum absolute atomic E-state index is 0.142. The summed E-state index contributed by atoms with van der Waals surface area (Å²) in [5.41, 5.74) is 1.78. The lowest BCUT2D eigenvalue weighted by Crippen LogP contribution is -2.25. The maximum Gasteiger partial charge on any atom is 0.227 e. The van der Waals surface area contributed by atoms with Crippen molar-refractivity contribution in [3.8, 4) is 11.5 Å². The van der Waals surface area contributed by atoms with Crippen molar-refractivity contribution in [3.05, 3.63) is 28.3 Å². The lowest BCUT2D eigenvalue weighted by Gasteiger charge is -2.21. The van der Waals surface area contributed by atoms with Gasteiger partial charge in [-0.05, 0) is 37.6 Å². The number of hydrogen-bond acceptors (Lipinski definition) is 5. The molecule has 2 aromatic heterocycles. The first-order valence-electron chi connectivity index (χ1n) is 7.18. The Morgan fingerprint density at radius 1 is 1.48 bits per heavy atom. The molecule has 0 N–H and O–H groups in total. The molecule has 0 bridgehead atoms. The Bertz CT molecular complexity index is 600. The van der Waals surface area contributed by atoms with Gasteiger partial charge in [0.15, 0.2) is 0 Å². The molecule has 0 aromatic carbocycles. The first-order valence-corrected chi connectivity index (χ1v) is 9.61. The number of aryl methyl sites for hydroxylation is 1. The summed E-state index contributed by atoms with van der Waals surface area (Å²) < 4.78 is 23.6. The fourth-order valence-corrected chi connectivity index (χ4v) is 4.43. The lowest BCUT2D eigenvalue weighted by atomic mass is 10.1. The van der Waals surface area contributed by atoms with Gasteiger partial charge in [0.2, 0.25) is 5.89 Å². The zero-order valence-electron chi connectivity index (χ0n) is 12.0. The van der Waals surface area contributed by atoms with Gasteiger partial charge in [-0.1, -0.05) is 0 Å². The van der Waals surface area contributed by atoms with E-state index in [-0.39, 0.29) is 6.10 Å². The van der Waals surface area contributed by atoms with Crippen LogP contribution >= 0.6 is 11.3 Å². The maximum absolute atomic E-state index is 12.3. The molecule has 1 aliphatic rings. The molecule has 0 saturated carbocycles. The van der Waals surface area contributed by atoms with Crippen molar-refractivity contribution in [1.29, 1.82) is 0 Å². The van der Waals surface area contributed by atoms with Crippen molar-refractivity contribution in [3.63, 3.8) is 0 Å². The molecule has 3 rings (SSSR count). The number of aromatic nitrogens is 1. The first-order chi connectivity index (χ1) is 10.2. The van der Waals surface area contributed by atoms with E-state index >= 15 is 0 Å². The van der Waals surface area contributed by atoms with Crippen LogP contribution in [0.4, 0.5) is 0 Å². The highest BCUT2D eigenvalue weighted by Gasteiger charge is 2.19. The average molecular weight is 325 g/mol. The van der Waals surface area contributed by atoms with Crippen molar-refractivity contribution in [2.24, 2.45) is 0 Å². The van der Waals surface area contributed by atoms with Gasteiger partial charge in [0.25, 0.3) is 0 Å². The van der Waals surface area contributed by atoms with Gasteiger partial charge in [-0.2, -0.15) is 11.3 Å². The molecule has 1 aliphatic heterocycles. The molecule has 21 heavy (non-hydrogen) atoms. The minimum atomic E-state index is -0.957. The molecule has 2 unspecified atom stereocenters. The molecule has 3 heterocycles. The molecule has 6 heteroatoms. The van der Waals surface area contributed by atoms with Crippen molar-refractivity contribution < 1.29 is 13.4 Å². The van der Waals surface area contributed by atoms with Crippen LogP contribution in [0.25, 0.3) is 11.5 Å². The fraction of sp³-hybridized carbons (Fsp3) is 0.533. The second-order valence-corrected chi connectivity index (χ2v) is 7.56. The summed E-state index contributed by atoms with van der Waals surface area (Å²) >= 11 is 1.61. The number of hydrogen-bond donors (Lipinski definition) is 0. The number of ether oxygens (including phenoxy) is 1. The van der Waals surface area contributed by atoms with Crippen LogP contribution in [0.5, 0.6) is 0 Å². The predicted molar refractivity (Wildman–Crippen MR) is 84.9 cm³/mol. The third-order valence-electron chi connectivity index (χ3n) is 3.60. The Morgan fingerprint density at radius 3 is 3.10 bits per heavy atom. The second kappa shape index (κ2) is 6.85. The molecular formula is C15H19NO3S2. The van der Waals surface area contributed by atoms with Crippen molar-refractivity contribution in [2.45, 2.75) is 38.0 Å². The average Bonchev–Trinajstić information content (AvgIpc) is 3.10. The summed E-state index contributed by atoms with van der Waals surface area (Å²) in [5, 5.41) is 4.00.